The average Bonchev–Trinajstić information content (AvgIpc) is 2.02. The highest BCUT2D eigenvalue weighted by molar-refractivity contribution is 7.56. The molecule has 0 aromatic rings. The molecule has 5 heteroatoms. The number of rotatable bonds is 4. The molecular weight excluding hydrogens is 195 g/mol. The molecule has 4 nitrogen and oxygen atoms in total. The molecule has 0 atom stereocenters. The van der Waals surface area contributed by atoms with Crippen LogP contribution in [-0.2, 0) is 0 Å². The van der Waals surface area contributed by atoms with Crippen molar-refractivity contribution in [3.63, 3.8) is 0 Å². The fourth-order valence-corrected chi connectivity index (χ4v) is 6.09. The molecule has 0 aliphatic heterocycles. The molecule has 0 fully saturated rings. The van der Waals surface area contributed by atoms with Crippen LogP contribution in [0.25, 0.3) is 0 Å². The molecule has 0 rings (SSSR count). The van der Waals surface area contributed by atoms with Gasteiger partial charge in [-0.2, -0.15) is 0 Å². The first-order chi connectivity index (χ1) is 6.31. The van der Waals surface area contributed by atoms with Crippen molar-refractivity contribution in [1.29, 1.82) is 0 Å². The minimum atomic E-state index is -1.59. The third-order valence-electron chi connectivity index (χ3n) is 2.30. The van der Waals surface area contributed by atoms with Crippen molar-refractivity contribution in [2.75, 3.05) is 49.3 Å². The summed E-state index contributed by atoms with van der Waals surface area (Å²) in [7, 11) is 13.1. The van der Waals surface area contributed by atoms with E-state index < -0.39 is 7.51 Å². The van der Waals surface area contributed by atoms with Gasteiger partial charge in [-0.25, -0.2) is 13.7 Å². The molecule has 0 aliphatic carbocycles. The minimum absolute atomic E-state index is 1.59. The maximum Gasteiger partial charge on any atom is 0.335 e. The Hall–Kier alpha value is -0.310. The Kier molecular flexibility index (Phi) is 4.85. The van der Waals surface area contributed by atoms with Gasteiger partial charge in [-0.3, -0.25) is 4.67 Å². The molecule has 0 bridgehead atoms. The average molecular weight is 219 g/mol. The van der Waals surface area contributed by atoms with E-state index in [1.54, 1.807) is 0 Å². The summed E-state index contributed by atoms with van der Waals surface area (Å²) in [6.07, 6.45) is 1.88. The summed E-state index contributed by atoms with van der Waals surface area (Å²) >= 11 is 0. The molecule has 0 aliphatic rings. The topological polar surface area (TPSA) is 12.7 Å². The van der Waals surface area contributed by atoms with E-state index in [1.807, 2.05) is 6.20 Å². The molecule has 0 radical (unpaired) electrons. The fraction of sp³-hybridized carbons (Fsp3) is 0.778. The predicted octanol–water partition coefficient (Wildman–Crippen LogP) is 1.40. The van der Waals surface area contributed by atoms with Crippen LogP contribution in [0.4, 0.5) is 0 Å². The number of hydrogen-bond donors (Lipinski definition) is 0. The SMILES string of the molecule is C=CN(C)P(N(C)C)(N(C)C)=[N+](C)C. The Morgan fingerprint density at radius 2 is 1.36 bits per heavy atom. The van der Waals surface area contributed by atoms with Crippen LogP contribution in [0, 0.1) is 0 Å². The van der Waals surface area contributed by atoms with Gasteiger partial charge in [-0.05, 0) is 28.2 Å². The molecular formula is C9H24N4P+. The highest BCUT2D eigenvalue weighted by Crippen LogP contribution is 2.54. The van der Waals surface area contributed by atoms with Crippen molar-refractivity contribution in [3.05, 3.63) is 12.8 Å². The smallest absolute Gasteiger partial charge is 0.291 e. The molecule has 0 N–H and O–H groups in total. The molecule has 0 unspecified atom stereocenters. The quantitative estimate of drug-likeness (QED) is 0.663. The zero-order chi connectivity index (χ0) is 11.5. The van der Waals surface area contributed by atoms with Gasteiger partial charge in [0.05, 0.1) is 0 Å². The summed E-state index contributed by atoms with van der Waals surface area (Å²) in [6.45, 7) is 3.85. The standard InChI is InChI=1S/C9H24N4P/c1-9-13(8)14(10(2)3,11(4)5)12(6)7/h9H,1H2,2-8H3/q+1. The molecule has 14 heavy (non-hydrogen) atoms. The summed E-state index contributed by atoms with van der Waals surface area (Å²) in [5.41, 5.74) is 0. The summed E-state index contributed by atoms with van der Waals surface area (Å²) < 4.78 is 8.96. The Morgan fingerprint density at radius 1 is 1.00 bits per heavy atom. The van der Waals surface area contributed by atoms with Crippen LogP contribution in [-0.4, -0.2) is 67.7 Å². The second kappa shape index (κ2) is 4.96. The molecule has 0 amide bonds. The lowest BCUT2D eigenvalue weighted by Crippen LogP contribution is -2.34. The number of hydrogen-bond acceptors (Lipinski definition) is 0. The molecule has 0 aromatic carbocycles. The Labute approximate surface area is 88.6 Å². The molecule has 0 aromatic heterocycles. The van der Waals surface area contributed by atoms with Crippen LogP contribution >= 0.6 is 7.51 Å². The molecule has 0 heterocycles. The second-order valence-electron chi connectivity index (χ2n) is 3.83. The van der Waals surface area contributed by atoms with Crippen molar-refractivity contribution >= 4 is 7.51 Å². The summed E-state index contributed by atoms with van der Waals surface area (Å²) in [4.78, 5) is 0. The number of nitrogens with zero attached hydrogens (tertiary/aromatic N) is 4. The van der Waals surface area contributed by atoms with Gasteiger partial charge in [0.15, 0.2) is 0 Å². The fourth-order valence-electron chi connectivity index (χ4n) is 2.03. The molecule has 0 spiro atoms. The lowest BCUT2D eigenvalue weighted by molar-refractivity contribution is -0.452. The lowest BCUT2D eigenvalue weighted by atomic mass is 11.0. The van der Waals surface area contributed by atoms with Gasteiger partial charge in [0, 0.05) is 13.2 Å². The van der Waals surface area contributed by atoms with Gasteiger partial charge in [-0.15, -0.1) is 0 Å². The highest BCUT2D eigenvalue weighted by Gasteiger charge is 2.37. The molecule has 84 valence electrons. The summed E-state index contributed by atoms with van der Waals surface area (Å²) in [5.74, 6) is 0. The van der Waals surface area contributed by atoms with Crippen LogP contribution in [0.1, 0.15) is 0 Å². The van der Waals surface area contributed by atoms with Crippen LogP contribution < -0.4 is 0 Å². The highest BCUT2D eigenvalue weighted by atomic mass is 31.2. The van der Waals surface area contributed by atoms with Crippen molar-refractivity contribution in [2.24, 2.45) is 0 Å². The second-order valence-corrected chi connectivity index (χ2v) is 7.94. The Bertz CT molecular complexity index is 242. The monoisotopic (exact) mass is 219 g/mol. The van der Waals surface area contributed by atoms with E-state index in [-0.39, 0.29) is 0 Å². The lowest BCUT2D eigenvalue weighted by Gasteiger charge is -2.37. The first kappa shape index (κ1) is 13.7. The van der Waals surface area contributed by atoms with E-state index in [0.717, 1.165) is 0 Å². The molecule has 0 saturated heterocycles. The summed E-state index contributed by atoms with van der Waals surface area (Å²) in [6, 6.07) is 0. The van der Waals surface area contributed by atoms with E-state index in [9.17, 15) is 0 Å². The van der Waals surface area contributed by atoms with E-state index in [4.69, 9.17) is 0 Å². The normalized spacial score (nSPS) is 12.1. The third-order valence-corrected chi connectivity index (χ3v) is 6.53. The minimum Gasteiger partial charge on any atom is -0.291 e. The summed E-state index contributed by atoms with van der Waals surface area (Å²) in [5, 5.41) is 0. The van der Waals surface area contributed by atoms with Crippen LogP contribution in [0.15, 0.2) is 12.8 Å². The largest absolute Gasteiger partial charge is 0.335 e. The van der Waals surface area contributed by atoms with Crippen LogP contribution in [0.3, 0.4) is 0 Å². The van der Waals surface area contributed by atoms with E-state index in [0.29, 0.717) is 0 Å². The van der Waals surface area contributed by atoms with Gasteiger partial charge in [0.1, 0.15) is 14.1 Å². The zero-order valence-electron chi connectivity index (χ0n) is 10.5. The van der Waals surface area contributed by atoms with Gasteiger partial charge in [0.25, 0.3) is 0 Å². The van der Waals surface area contributed by atoms with Crippen molar-refractivity contribution in [3.8, 4) is 0 Å². The Morgan fingerprint density at radius 3 is 1.43 bits per heavy atom. The predicted molar refractivity (Wildman–Crippen MR) is 64.4 cm³/mol. The van der Waals surface area contributed by atoms with Crippen molar-refractivity contribution in [2.45, 2.75) is 0 Å². The zero-order valence-corrected chi connectivity index (χ0v) is 11.4. The van der Waals surface area contributed by atoms with Gasteiger partial charge in [0.2, 0.25) is 0 Å². The third kappa shape index (κ3) is 2.02. The van der Waals surface area contributed by atoms with Gasteiger partial charge < -0.3 is 0 Å². The maximum absolute atomic E-state index is 3.85. The Balaban J connectivity index is 5.67. The van der Waals surface area contributed by atoms with Gasteiger partial charge >= 0.3 is 7.51 Å². The molecule has 0 saturated carbocycles. The van der Waals surface area contributed by atoms with Crippen molar-refractivity contribution in [1.82, 2.24) is 14.0 Å². The first-order valence-corrected chi connectivity index (χ1v) is 6.20. The van der Waals surface area contributed by atoms with Crippen molar-refractivity contribution < 1.29 is 4.33 Å². The van der Waals surface area contributed by atoms with E-state index in [2.05, 4.69) is 74.3 Å². The maximum atomic E-state index is 3.85. The van der Waals surface area contributed by atoms with Gasteiger partial charge in [-0.1, -0.05) is 6.58 Å². The first-order valence-electron chi connectivity index (χ1n) is 4.60. The van der Waals surface area contributed by atoms with E-state index >= 15 is 0 Å². The van der Waals surface area contributed by atoms with Crippen LogP contribution in [0.5, 0.6) is 0 Å². The van der Waals surface area contributed by atoms with Crippen LogP contribution in [0.2, 0.25) is 0 Å². The van der Waals surface area contributed by atoms with E-state index in [1.165, 1.54) is 0 Å².